The van der Waals surface area contributed by atoms with Crippen molar-refractivity contribution in [3.63, 3.8) is 0 Å². The van der Waals surface area contributed by atoms with E-state index in [0.29, 0.717) is 25.2 Å². The number of halogens is 3. The molecule has 0 aliphatic heterocycles. The van der Waals surface area contributed by atoms with Gasteiger partial charge < -0.3 is 10.2 Å². The number of nitrogens with one attached hydrogen (secondary N) is 1. The summed E-state index contributed by atoms with van der Waals surface area (Å²) in [6.07, 6.45) is -3.49. The van der Waals surface area contributed by atoms with E-state index >= 15 is 0 Å². The van der Waals surface area contributed by atoms with E-state index in [9.17, 15) is 13.2 Å². The van der Waals surface area contributed by atoms with Crippen LogP contribution >= 0.6 is 0 Å². The summed E-state index contributed by atoms with van der Waals surface area (Å²) in [6.45, 7) is 1.94. The van der Waals surface area contributed by atoms with Crippen LogP contribution in [-0.4, -0.2) is 26.3 Å². The van der Waals surface area contributed by atoms with E-state index in [1.165, 1.54) is 4.90 Å². The molecule has 0 fully saturated rings. The third kappa shape index (κ3) is 4.56. The predicted molar refractivity (Wildman–Crippen MR) is 67.8 cm³/mol. The van der Waals surface area contributed by atoms with Crippen molar-refractivity contribution < 1.29 is 13.2 Å². The Morgan fingerprint density at radius 1 is 1.22 bits per heavy atom. The second kappa shape index (κ2) is 6.64. The molecule has 0 amide bonds. The van der Waals surface area contributed by atoms with Gasteiger partial charge in [-0.15, -0.1) is 0 Å². The molecule has 0 aliphatic carbocycles. The van der Waals surface area contributed by atoms with Crippen LogP contribution in [-0.2, 0) is 6.54 Å². The first-order valence-corrected chi connectivity index (χ1v) is 6.02. The van der Waals surface area contributed by atoms with Gasteiger partial charge in [-0.2, -0.15) is 13.2 Å². The molecule has 18 heavy (non-hydrogen) atoms. The minimum absolute atomic E-state index is 0.403. The van der Waals surface area contributed by atoms with E-state index in [1.807, 2.05) is 19.1 Å². The molecular formula is C13H19F3N2. The molecule has 0 spiro atoms. The third-order valence-electron chi connectivity index (χ3n) is 2.56. The lowest BCUT2D eigenvalue weighted by molar-refractivity contribution is -0.119. The van der Waals surface area contributed by atoms with Crippen LogP contribution in [0.25, 0.3) is 0 Å². The summed E-state index contributed by atoms with van der Waals surface area (Å²) in [6, 6.07) is 7.21. The molecule has 0 bridgehead atoms. The van der Waals surface area contributed by atoms with E-state index in [-0.39, 0.29) is 0 Å². The van der Waals surface area contributed by atoms with Crippen molar-refractivity contribution >= 4 is 5.69 Å². The number of hydrogen-bond donors (Lipinski definition) is 1. The maximum Gasteiger partial charge on any atom is 0.405 e. The number of para-hydroxylation sites is 1. The Morgan fingerprint density at radius 3 is 2.44 bits per heavy atom. The van der Waals surface area contributed by atoms with E-state index in [4.69, 9.17) is 0 Å². The fourth-order valence-electron chi connectivity index (χ4n) is 1.93. The fraction of sp³-hybridized carbons (Fsp3) is 0.538. The average molecular weight is 260 g/mol. The summed E-state index contributed by atoms with van der Waals surface area (Å²) in [7, 11) is 1.78. The van der Waals surface area contributed by atoms with Crippen LogP contribution in [0.2, 0.25) is 0 Å². The summed E-state index contributed by atoms with van der Waals surface area (Å²) >= 11 is 0. The van der Waals surface area contributed by atoms with Crippen molar-refractivity contribution in [1.29, 1.82) is 0 Å². The number of hydrogen-bond acceptors (Lipinski definition) is 2. The zero-order valence-electron chi connectivity index (χ0n) is 10.7. The van der Waals surface area contributed by atoms with Crippen LogP contribution < -0.4 is 10.2 Å². The molecule has 0 heterocycles. The molecule has 0 atom stereocenters. The normalized spacial score (nSPS) is 11.6. The van der Waals surface area contributed by atoms with Gasteiger partial charge in [0.05, 0.1) is 0 Å². The molecule has 2 nitrogen and oxygen atoms in total. The third-order valence-corrected chi connectivity index (χ3v) is 2.56. The van der Waals surface area contributed by atoms with Gasteiger partial charge in [-0.25, -0.2) is 0 Å². The largest absolute Gasteiger partial charge is 0.405 e. The Labute approximate surface area is 106 Å². The topological polar surface area (TPSA) is 15.3 Å². The van der Waals surface area contributed by atoms with Gasteiger partial charge in [-0.1, -0.05) is 25.1 Å². The first-order chi connectivity index (χ1) is 8.48. The van der Waals surface area contributed by atoms with Crippen LogP contribution in [0, 0.1) is 0 Å². The van der Waals surface area contributed by atoms with Crippen LogP contribution in [0.3, 0.4) is 0 Å². The SMILES string of the molecule is CCCN(CC(F)(F)F)c1ccccc1CNC. The molecule has 1 aromatic rings. The van der Waals surface area contributed by atoms with E-state index in [1.54, 1.807) is 19.2 Å². The van der Waals surface area contributed by atoms with Crippen molar-refractivity contribution in [1.82, 2.24) is 5.32 Å². The van der Waals surface area contributed by atoms with Gasteiger partial charge in [-0.05, 0) is 25.1 Å². The van der Waals surface area contributed by atoms with E-state index in [0.717, 1.165) is 5.56 Å². The molecule has 1 aromatic carbocycles. The lowest BCUT2D eigenvalue weighted by atomic mass is 10.1. The molecule has 0 saturated heterocycles. The Bertz CT molecular complexity index is 363. The first-order valence-electron chi connectivity index (χ1n) is 6.02. The summed E-state index contributed by atoms with van der Waals surface area (Å²) < 4.78 is 37.7. The quantitative estimate of drug-likeness (QED) is 0.845. The summed E-state index contributed by atoms with van der Waals surface area (Å²) in [4.78, 5) is 1.40. The lowest BCUT2D eigenvalue weighted by Gasteiger charge is -2.27. The maximum atomic E-state index is 12.6. The molecule has 0 saturated carbocycles. The molecule has 1 N–H and O–H groups in total. The molecule has 0 aliphatic rings. The second-order valence-corrected chi connectivity index (χ2v) is 4.20. The number of anilines is 1. The zero-order valence-corrected chi connectivity index (χ0v) is 10.7. The van der Waals surface area contributed by atoms with Crippen LogP contribution in [0.4, 0.5) is 18.9 Å². The number of alkyl halides is 3. The molecule has 5 heteroatoms. The standard InChI is InChI=1S/C13H19F3N2/c1-3-8-18(10-13(14,15)16)12-7-5-4-6-11(12)9-17-2/h4-7,17H,3,8-10H2,1-2H3. The molecular weight excluding hydrogens is 241 g/mol. The Morgan fingerprint density at radius 2 is 1.89 bits per heavy atom. The van der Waals surface area contributed by atoms with Crippen LogP contribution in [0.15, 0.2) is 24.3 Å². The van der Waals surface area contributed by atoms with Gasteiger partial charge in [0.15, 0.2) is 0 Å². The van der Waals surface area contributed by atoms with Crippen LogP contribution in [0.5, 0.6) is 0 Å². The fourth-order valence-corrected chi connectivity index (χ4v) is 1.93. The van der Waals surface area contributed by atoms with Crippen molar-refractivity contribution in [3.05, 3.63) is 29.8 Å². The Hall–Kier alpha value is -1.23. The Balaban J connectivity index is 2.97. The average Bonchev–Trinajstić information content (AvgIpc) is 2.28. The number of benzene rings is 1. The highest BCUT2D eigenvalue weighted by atomic mass is 19.4. The first kappa shape index (κ1) is 14.8. The van der Waals surface area contributed by atoms with Gasteiger partial charge >= 0.3 is 6.18 Å². The van der Waals surface area contributed by atoms with E-state index < -0.39 is 12.7 Å². The Kier molecular flexibility index (Phi) is 5.47. The molecule has 1 rings (SSSR count). The maximum absolute atomic E-state index is 12.6. The van der Waals surface area contributed by atoms with Gasteiger partial charge in [0.1, 0.15) is 6.54 Å². The molecule has 0 unspecified atom stereocenters. The van der Waals surface area contributed by atoms with Gasteiger partial charge in [0.25, 0.3) is 0 Å². The smallest absolute Gasteiger partial charge is 0.362 e. The summed E-state index contributed by atoms with van der Waals surface area (Å²) in [5.74, 6) is 0. The van der Waals surface area contributed by atoms with Crippen molar-refractivity contribution in [2.24, 2.45) is 0 Å². The van der Waals surface area contributed by atoms with Crippen molar-refractivity contribution in [2.75, 3.05) is 25.0 Å². The highest BCUT2D eigenvalue weighted by Gasteiger charge is 2.31. The number of rotatable bonds is 6. The van der Waals surface area contributed by atoms with Crippen LogP contribution in [0.1, 0.15) is 18.9 Å². The van der Waals surface area contributed by atoms with Crippen molar-refractivity contribution in [3.8, 4) is 0 Å². The number of nitrogens with zero attached hydrogens (tertiary/aromatic N) is 1. The van der Waals surface area contributed by atoms with Gasteiger partial charge in [0, 0.05) is 18.8 Å². The summed E-state index contributed by atoms with van der Waals surface area (Å²) in [5, 5.41) is 2.98. The predicted octanol–water partition coefficient (Wildman–Crippen LogP) is 3.18. The zero-order chi connectivity index (χ0) is 13.6. The minimum atomic E-state index is -4.18. The lowest BCUT2D eigenvalue weighted by Crippen LogP contribution is -2.35. The molecule has 0 radical (unpaired) electrons. The monoisotopic (exact) mass is 260 g/mol. The minimum Gasteiger partial charge on any atom is -0.362 e. The highest BCUT2D eigenvalue weighted by Crippen LogP contribution is 2.25. The van der Waals surface area contributed by atoms with Crippen molar-refractivity contribution in [2.45, 2.75) is 26.1 Å². The molecule has 0 aromatic heterocycles. The summed E-state index contributed by atoms with van der Waals surface area (Å²) in [5.41, 5.74) is 1.55. The van der Waals surface area contributed by atoms with E-state index in [2.05, 4.69) is 5.32 Å². The van der Waals surface area contributed by atoms with Gasteiger partial charge in [-0.3, -0.25) is 0 Å². The second-order valence-electron chi connectivity index (χ2n) is 4.20. The molecule has 102 valence electrons. The van der Waals surface area contributed by atoms with Gasteiger partial charge in [0.2, 0.25) is 0 Å². The highest BCUT2D eigenvalue weighted by molar-refractivity contribution is 5.53.